The third kappa shape index (κ3) is 5.40. The van der Waals surface area contributed by atoms with Crippen LogP contribution in [-0.2, 0) is 11.2 Å². The van der Waals surface area contributed by atoms with Crippen molar-refractivity contribution in [3.05, 3.63) is 94.8 Å². The molecule has 6 nitrogen and oxygen atoms in total. The van der Waals surface area contributed by atoms with Crippen molar-refractivity contribution < 1.29 is 4.79 Å². The van der Waals surface area contributed by atoms with Crippen LogP contribution in [0.15, 0.2) is 83.7 Å². The number of nitrogens with one attached hydrogen (secondary N) is 3. The van der Waals surface area contributed by atoms with Gasteiger partial charge in [0.2, 0.25) is 5.91 Å². The summed E-state index contributed by atoms with van der Waals surface area (Å²) in [6.45, 7) is 1.22. The van der Waals surface area contributed by atoms with Gasteiger partial charge in [-0.05, 0) is 35.6 Å². The maximum absolute atomic E-state index is 12.2. The van der Waals surface area contributed by atoms with Gasteiger partial charge in [0.15, 0.2) is 5.82 Å². The number of anilines is 1. The quantitative estimate of drug-likeness (QED) is 0.351. The Morgan fingerprint density at radius 3 is 2.44 bits per heavy atom. The van der Waals surface area contributed by atoms with Crippen LogP contribution in [0.4, 0.5) is 5.82 Å². The maximum Gasteiger partial charge on any atom is 0.272 e. The van der Waals surface area contributed by atoms with E-state index in [-0.39, 0.29) is 11.5 Å². The summed E-state index contributed by atoms with van der Waals surface area (Å²) in [6, 6.07) is 25.9. The van der Waals surface area contributed by atoms with Crippen LogP contribution in [-0.4, -0.2) is 29.2 Å². The van der Waals surface area contributed by atoms with Gasteiger partial charge in [-0.2, -0.15) is 5.10 Å². The lowest BCUT2D eigenvalue weighted by Crippen LogP contribution is -2.26. The smallest absolute Gasteiger partial charge is 0.272 e. The number of nitrogens with zero attached hydrogens (tertiary/aromatic N) is 1. The summed E-state index contributed by atoms with van der Waals surface area (Å²) in [5, 5.41) is 14.2. The second-order valence-corrected chi connectivity index (χ2v) is 7.64. The largest absolute Gasteiger partial charge is 0.368 e. The Kier molecular flexibility index (Phi) is 6.92. The summed E-state index contributed by atoms with van der Waals surface area (Å²) in [7, 11) is 0. The zero-order valence-corrected chi connectivity index (χ0v) is 17.8. The number of H-pyrrole nitrogens is 1. The van der Waals surface area contributed by atoms with Gasteiger partial charge in [-0.25, -0.2) is 5.10 Å². The lowest BCUT2D eigenvalue weighted by molar-refractivity contribution is -0.121. The Morgan fingerprint density at radius 2 is 1.59 bits per heavy atom. The van der Waals surface area contributed by atoms with Gasteiger partial charge in [-0.15, -0.1) is 0 Å². The molecule has 1 amide bonds. The molecule has 0 spiro atoms. The molecule has 0 aliphatic carbocycles. The summed E-state index contributed by atoms with van der Waals surface area (Å²) in [5.74, 6) is 0.688. The van der Waals surface area contributed by atoms with Gasteiger partial charge < -0.3 is 10.6 Å². The standard InChI is InChI=1S/C26H26N4O2/c31-24(15-14-19-8-6-11-21(18-19)20-9-2-1-3-10-20)27-16-7-17-28-25-22-12-4-5-13-23(22)26(32)30-29-25/h1-6,8-13,18H,7,14-17H2,(H,27,31)(H,28,29)(H,30,32). The normalized spacial score (nSPS) is 10.8. The third-order valence-electron chi connectivity index (χ3n) is 5.34. The van der Waals surface area contributed by atoms with Crippen molar-refractivity contribution in [2.45, 2.75) is 19.3 Å². The minimum Gasteiger partial charge on any atom is -0.368 e. The molecule has 1 heterocycles. The minimum absolute atomic E-state index is 0.0442. The number of fused-ring (bicyclic) bond motifs is 1. The maximum atomic E-state index is 12.2. The lowest BCUT2D eigenvalue weighted by Gasteiger charge is -2.09. The molecule has 0 aliphatic heterocycles. The number of amides is 1. The molecular weight excluding hydrogens is 400 g/mol. The number of carbonyl (C=O) groups is 1. The lowest BCUT2D eigenvalue weighted by atomic mass is 10.0. The molecule has 3 N–H and O–H groups in total. The Bertz CT molecular complexity index is 1250. The van der Waals surface area contributed by atoms with E-state index in [1.54, 1.807) is 6.07 Å². The number of rotatable bonds is 9. The Balaban J connectivity index is 1.20. The van der Waals surface area contributed by atoms with E-state index in [1.807, 2.05) is 42.5 Å². The van der Waals surface area contributed by atoms with Gasteiger partial charge in [0, 0.05) is 24.9 Å². The molecule has 0 saturated heterocycles. The molecule has 4 aromatic rings. The molecule has 1 aromatic heterocycles. The zero-order chi connectivity index (χ0) is 22.2. The summed E-state index contributed by atoms with van der Waals surface area (Å²) in [4.78, 5) is 24.1. The number of hydrogen-bond acceptors (Lipinski definition) is 4. The van der Waals surface area contributed by atoms with E-state index in [9.17, 15) is 9.59 Å². The van der Waals surface area contributed by atoms with E-state index in [0.29, 0.717) is 37.1 Å². The van der Waals surface area contributed by atoms with Crippen molar-refractivity contribution in [1.82, 2.24) is 15.5 Å². The molecule has 162 valence electrons. The number of hydrogen-bond donors (Lipinski definition) is 3. The van der Waals surface area contributed by atoms with E-state index in [4.69, 9.17) is 0 Å². The molecular formula is C26H26N4O2. The molecule has 6 heteroatoms. The van der Waals surface area contributed by atoms with Crippen LogP contribution in [0.5, 0.6) is 0 Å². The zero-order valence-electron chi connectivity index (χ0n) is 17.8. The first-order chi connectivity index (χ1) is 15.7. The van der Waals surface area contributed by atoms with Crippen molar-refractivity contribution in [3.63, 3.8) is 0 Å². The monoisotopic (exact) mass is 426 g/mol. The first-order valence-corrected chi connectivity index (χ1v) is 10.8. The highest BCUT2D eigenvalue weighted by Crippen LogP contribution is 2.20. The molecule has 3 aromatic carbocycles. The molecule has 0 radical (unpaired) electrons. The van der Waals surface area contributed by atoms with E-state index >= 15 is 0 Å². The van der Waals surface area contributed by atoms with Crippen LogP contribution < -0.4 is 16.2 Å². The van der Waals surface area contributed by atoms with Gasteiger partial charge in [0.1, 0.15) is 0 Å². The fourth-order valence-corrected chi connectivity index (χ4v) is 3.66. The molecule has 0 atom stereocenters. The minimum atomic E-state index is -0.201. The Hall–Kier alpha value is -3.93. The first kappa shape index (κ1) is 21.3. The van der Waals surface area contributed by atoms with Crippen LogP contribution in [0.25, 0.3) is 21.9 Å². The molecule has 0 unspecified atom stereocenters. The van der Waals surface area contributed by atoms with Gasteiger partial charge in [-0.1, -0.05) is 72.8 Å². The number of aromatic amines is 1. The van der Waals surface area contributed by atoms with E-state index in [2.05, 4.69) is 51.2 Å². The SMILES string of the molecule is O=C(CCc1cccc(-c2ccccc2)c1)NCCCNc1n[nH]c(=O)c2ccccc12. The summed E-state index contributed by atoms with van der Waals surface area (Å²) in [5.41, 5.74) is 3.29. The highest BCUT2D eigenvalue weighted by Gasteiger charge is 2.06. The average molecular weight is 427 g/mol. The van der Waals surface area contributed by atoms with Crippen molar-refractivity contribution in [2.24, 2.45) is 0 Å². The third-order valence-corrected chi connectivity index (χ3v) is 5.34. The number of aromatic nitrogens is 2. The molecule has 0 fully saturated rings. The number of benzene rings is 3. The number of carbonyl (C=O) groups excluding carboxylic acids is 1. The number of aryl methyl sites for hydroxylation is 1. The predicted octanol–water partition coefficient (Wildman–Crippen LogP) is 4.14. The van der Waals surface area contributed by atoms with Crippen molar-refractivity contribution in [2.75, 3.05) is 18.4 Å². The van der Waals surface area contributed by atoms with Crippen LogP contribution >= 0.6 is 0 Å². The van der Waals surface area contributed by atoms with Gasteiger partial charge in [0.05, 0.1) is 5.39 Å². The summed E-state index contributed by atoms with van der Waals surface area (Å²) < 4.78 is 0. The van der Waals surface area contributed by atoms with E-state index in [1.165, 1.54) is 5.56 Å². The average Bonchev–Trinajstić information content (AvgIpc) is 2.85. The van der Waals surface area contributed by atoms with E-state index < -0.39 is 0 Å². The molecule has 0 bridgehead atoms. The Morgan fingerprint density at radius 1 is 0.844 bits per heavy atom. The topological polar surface area (TPSA) is 86.9 Å². The van der Waals surface area contributed by atoms with Crippen LogP contribution in [0.2, 0.25) is 0 Å². The second kappa shape index (κ2) is 10.4. The van der Waals surface area contributed by atoms with Crippen LogP contribution in [0.3, 0.4) is 0 Å². The van der Waals surface area contributed by atoms with Crippen LogP contribution in [0.1, 0.15) is 18.4 Å². The molecule has 0 aliphatic rings. The molecule has 4 rings (SSSR count). The Labute approximate surface area is 186 Å². The summed E-state index contributed by atoms with van der Waals surface area (Å²) in [6.07, 6.45) is 1.92. The second-order valence-electron chi connectivity index (χ2n) is 7.64. The fourth-order valence-electron chi connectivity index (χ4n) is 3.66. The van der Waals surface area contributed by atoms with E-state index in [0.717, 1.165) is 22.9 Å². The van der Waals surface area contributed by atoms with Crippen molar-refractivity contribution in [1.29, 1.82) is 0 Å². The first-order valence-electron chi connectivity index (χ1n) is 10.8. The fraction of sp³-hybridized carbons (Fsp3) is 0.192. The van der Waals surface area contributed by atoms with Crippen LogP contribution in [0, 0.1) is 0 Å². The van der Waals surface area contributed by atoms with Crippen molar-refractivity contribution >= 4 is 22.5 Å². The van der Waals surface area contributed by atoms with Crippen molar-refractivity contribution in [3.8, 4) is 11.1 Å². The van der Waals surface area contributed by atoms with Gasteiger partial charge >= 0.3 is 0 Å². The molecule has 32 heavy (non-hydrogen) atoms. The predicted molar refractivity (Wildman–Crippen MR) is 129 cm³/mol. The summed E-state index contributed by atoms with van der Waals surface area (Å²) >= 11 is 0. The van der Waals surface area contributed by atoms with Gasteiger partial charge in [0.25, 0.3) is 5.56 Å². The highest BCUT2D eigenvalue weighted by atomic mass is 16.1. The highest BCUT2D eigenvalue weighted by molar-refractivity contribution is 5.90. The van der Waals surface area contributed by atoms with Gasteiger partial charge in [-0.3, -0.25) is 9.59 Å². The molecule has 0 saturated carbocycles.